The Morgan fingerprint density at radius 2 is 1.48 bits per heavy atom. The molecule has 27 heavy (non-hydrogen) atoms. The molecule has 5 atom stereocenters. The van der Waals surface area contributed by atoms with Gasteiger partial charge < -0.3 is 28.8 Å². The predicted molar refractivity (Wildman–Crippen MR) is 91.5 cm³/mol. The molecule has 0 aromatic rings. The molecule has 1 heterocycles. The average molecular weight is 454 g/mol. The van der Waals surface area contributed by atoms with Gasteiger partial charge in [0.15, 0.2) is 12.2 Å². The molecule has 154 valence electrons. The van der Waals surface area contributed by atoms with Gasteiger partial charge >= 0.3 is 17.9 Å². The van der Waals surface area contributed by atoms with E-state index >= 15 is 0 Å². The molecule has 0 spiro atoms. The van der Waals surface area contributed by atoms with Gasteiger partial charge in [0.1, 0.15) is 6.10 Å². The number of nitrogens with one attached hydrogen (secondary N) is 1. The highest BCUT2D eigenvalue weighted by Gasteiger charge is 2.53. The molecule has 1 fully saturated rings. The third-order valence-electron chi connectivity index (χ3n) is 3.07. The maximum atomic E-state index is 11.8. The van der Waals surface area contributed by atoms with Gasteiger partial charge in [0, 0.05) is 24.8 Å². The van der Waals surface area contributed by atoms with Gasteiger partial charge in [0.2, 0.25) is 18.3 Å². The van der Waals surface area contributed by atoms with Gasteiger partial charge in [0.05, 0.1) is 6.61 Å². The van der Waals surface area contributed by atoms with Gasteiger partial charge in [-0.15, -0.1) is 0 Å². The van der Waals surface area contributed by atoms with E-state index in [4.69, 9.17) is 68.0 Å². The zero-order valence-electron chi connectivity index (χ0n) is 16.6. The Bertz CT molecular complexity index is 652. The van der Waals surface area contributed by atoms with Crippen molar-refractivity contribution in [3.05, 3.63) is 0 Å². The highest BCUT2D eigenvalue weighted by atomic mass is 35.6. The number of aliphatic hydroxyl groups excluding tert-OH is 1. The molecule has 1 unspecified atom stereocenters. The van der Waals surface area contributed by atoms with Crippen LogP contribution in [0.15, 0.2) is 0 Å². The van der Waals surface area contributed by atoms with E-state index in [1.54, 1.807) is 0 Å². The van der Waals surface area contributed by atoms with Gasteiger partial charge in [0.25, 0.3) is 3.79 Å². The largest absolute Gasteiger partial charge is 0.456 e. The standard InChI is InChI=1S/C14H18Cl3NO9/c1-5(20)23-9-8(4-19)26-12(27-13(18)14(15,16)17)11(25-7(3)22)10(9)24-6(2)21/h8-12,18-19H,4H2,1-3H3/t8-,9-,10+,11-,12?/m1/s1/i1D,2D,3D. The summed E-state index contributed by atoms with van der Waals surface area (Å²) in [6, 6.07) is 0. The molecule has 1 saturated heterocycles. The van der Waals surface area contributed by atoms with Crippen LogP contribution in [0.3, 0.4) is 0 Å². The molecule has 10 nitrogen and oxygen atoms in total. The van der Waals surface area contributed by atoms with Crippen LogP contribution in [0.5, 0.6) is 0 Å². The Hall–Kier alpha value is -1.33. The van der Waals surface area contributed by atoms with Crippen LogP contribution in [0.1, 0.15) is 24.8 Å². The number of aliphatic hydroxyl groups is 1. The van der Waals surface area contributed by atoms with Crippen LogP contribution in [0.2, 0.25) is 0 Å². The first-order valence-electron chi connectivity index (χ1n) is 9.15. The van der Waals surface area contributed by atoms with Crippen molar-refractivity contribution in [1.82, 2.24) is 0 Å². The Kier molecular flexibility index (Phi) is 6.86. The normalized spacial score (nSPS) is 29.5. The third kappa shape index (κ3) is 6.96. The minimum atomic E-state index is -2.36. The SMILES string of the molecule is [2H]CC(=O)O[C@H]1[C@H](OC(=O)C[2H])[C@@H](OC(=O)C[2H])C(OC(=N)C(Cl)(Cl)Cl)O[C@@H]1CO. The molecule has 0 aliphatic carbocycles. The van der Waals surface area contributed by atoms with Crippen molar-refractivity contribution in [1.29, 1.82) is 5.41 Å². The summed E-state index contributed by atoms with van der Waals surface area (Å²) in [6.45, 7) is -3.40. The molecule has 13 heteroatoms. The quantitative estimate of drug-likeness (QED) is 0.204. The van der Waals surface area contributed by atoms with Crippen LogP contribution < -0.4 is 0 Å². The second-order valence-corrected chi connectivity index (χ2v) is 7.31. The maximum absolute atomic E-state index is 11.8. The molecule has 0 saturated carbocycles. The zero-order chi connectivity index (χ0) is 23.1. The minimum Gasteiger partial charge on any atom is -0.456 e. The van der Waals surface area contributed by atoms with Crippen molar-refractivity contribution in [3.8, 4) is 0 Å². The summed E-state index contributed by atoms with van der Waals surface area (Å²) >= 11 is 16.7. The van der Waals surface area contributed by atoms with Crippen molar-refractivity contribution < 1.29 is 47.3 Å². The average Bonchev–Trinajstić information content (AvgIpc) is 2.70. The molecule has 2 N–H and O–H groups in total. The number of carbonyl (C=O) groups is 3. The number of ether oxygens (including phenoxy) is 5. The van der Waals surface area contributed by atoms with Gasteiger partial charge in [-0.2, -0.15) is 0 Å². The summed E-state index contributed by atoms with van der Waals surface area (Å²) in [5.41, 5.74) is 0. The van der Waals surface area contributed by atoms with Crippen LogP contribution >= 0.6 is 34.8 Å². The van der Waals surface area contributed by atoms with Crippen molar-refractivity contribution in [2.45, 2.75) is 55.2 Å². The summed E-state index contributed by atoms with van der Waals surface area (Å²) in [5, 5.41) is 17.3. The van der Waals surface area contributed by atoms with E-state index in [-0.39, 0.29) is 0 Å². The van der Waals surface area contributed by atoms with Crippen molar-refractivity contribution in [2.24, 2.45) is 0 Å². The van der Waals surface area contributed by atoms with Crippen molar-refractivity contribution >= 4 is 58.6 Å². The lowest BCUT2D eigenvalue weighted by atomic mass is 9.98. The maximum Gasteiger partial charge on any atom is 0.303 e. The topological polar surface area (TPSA) is 141 Å². The summed E-state index contributed by atoms with van der Waals surface area (Å²) in [7, 11) is 0. The van der Waals surface area contributed by atoms with Gasteiger partial charge in [-0.3, -0.25) is 19.8 Å². The number of rotatable bonds is 5. The second-order valence-electron chi connectivity index (χ2n) is 5.03. The van der Waals surface area contributed by atoms with E-state index in [9.17, 15) is 19.5 Å². The molecule has 0 aromatic carbocycles. The van der Waals surface area contributed by atoms with Gasteiger partial charge in [-0.05, 0) is 0 Å². The van der Waals surface area contributed by atoms with Crippen LogP contribution in [0.25, 0.3) is 0 Å². The molecule has 0 aromatic heterocycles. The Balaban J connectivity index is 3.37. The van der Waals surface area contributed by atoms with E-state index in [0.717, 1.165) is 0 Å². The van der Waals surface area contributed by atoms with E-state index in [1.165, 1.54) is 0 Å². The molecular formula is C14H18Cl3NO9. The van der Waals surface area contributed by atoms with E-state index in [1.807, 2.05) is 0 Å². The van der Waals surface area contributed by atoms with E-state index in [2.05, 4.69) is 0 Å². The lowest BCUT2D eigenvalue weighted by Crippen LogP contribution is -2.63. The fourth-order valence-corrected chi connectivity index (χ4v) is 2.29. The number of hydrogen-bond acceptors (Lipinski definition) is 10. The first-order chi connectivity index (χ1) is 14.0. The van der Waals surface area contributed by atoms with Gasteiger partial charge in [-0.25, -0.2) is 0 Å². The highest BCUT2D eigenvalue weighted by Crippen LogP contribution is 2.33. The minimum absolute atomic E-state index is 0.828. The lowest BCUT2D eigenvalue weighted by molar-refractivity contribution is -0.291. The number of hydrogen-bond donors (Lipinski definition) is 2. The Morgan fingerprint density at radius 3 is 1.93 bits per heavy atom. The molecule has 1 aliphatic rings. The fourth-order valence-electron chi connectivity index (χ4n) is 2.16. The summed E-state index contributed by atoms with van der Waals surface area (Å²) < 4.78 is 44.4. The van der Waals surface area contributed by atoms with Gasteiger partial charge in [-0.1, -0.05) is 34.8 Å². The van der Waals surface area contributed by atoms with Crippen LogP contribution in [0, 0.1) is 5.41 Å². The van der Waals surface area contributed by atoms with Crippen LogP contribution in [-0.4, -0.2) is 70.0 Å². The highest BCUT2D eigenvalue weighted by molar-refractivity contribution is 6.76. The second kappa shape index (κ2) is 9.74. The summed E-state index contributed by atoms with van der Waals surface area (Å²) in [5.74, 6) is -4.34. The summed E-state index contributed by atoms with van der Waals surface area (Å²) in [6.07, 6.45) is -8.28. The van der Waals surface area contributed by atoms with Crippen LogP contribution in [-0.2, 0) is 38.1 Å². The first kappa shape index (κ1) is 19.0. The monoisotopic (exact) mass is 452 g/mol. The molecular weight excluding hydrogens is 433 g/mol. The molecule has 0 radical (unpaired) electrons. The number of halogens is 3. The number of esters is 3. The number of carbonyl (C=O) groups excluding carboxylic acids is 3. The predicted octanol–water partition coefficient (Wildman–Crippen LogP) is 0.863. The smallest absolute Gasteiger partial charge is 0.303 e. The Morgan fingerprint density at radius 1 is 1.00 bits per heavy atom. The molecule has 0 amide bonds. The third-order valence-corrected chi connectivity index (χ3v) is 3.58. The zero-order valence-corrected chi connectivity index (χ0v) is 15.8. The molecule has 1 rings (SSSR count). The van der Waals surface area contributed by atoms with Crippen molar-refractivity contribution in [3.63, 3.8) is 0 Å². The number of alkyl halides is 3. The van der Waals surface area contributed by atoms with E-state index in [0.29, 0.717) is 0 Å². The fraction of sp³-hybridized carbons (Fsp3) is 0.714. The van der Waals surface area contributed by atoms with E-state index < -0.39 is 85.6 Å². The Labute approximate surface area is 173 Å². The molecule has 0 bridgehead atoms. The molecule has 1 aliphatic heterocycles. The van der Waals surface area contributed by atoms with Crippen LogP contribution in [0.4, 0.5) is 0 Å². The van der Waals surface area contributed by atoms with Crippen molar-refractivity contribution in [2.75, 3.05) is 6.61 Å². The first-order valence-corrected chi connectivity index (χ1v) is 8.16. The lowest BCUT2D eigenvalue weighted by Gasteiger charge is -2.43. The summed E-state index contributed by atoms with van der Waals surface area (Å²) in [4.78, 5) is 35.1.